The molecule has 0 atom stereocenters. The van der Waals surface area contributed by atoms with Crippen molar-refractivity contribution in [1.82, 2.24) is 5.16 Å². The van der Waals surface area contributed by atoms with E-state index in [-0.39, 0.29) is 5.76 Å². The van der Waals surface area contributed by atoms with Gasteiger partial charge >= 0.3 is 5.97 Å². The molecule has 0 amide bonds. The van der Waals surface area contributed by atoms with Gasteiger partial charge in [0.15, 0.2) is 0 Å². The Balaban J connectivity index is 2.58. The van der Waals surface area contributed by atoms with Crippen LogP contribution in [-0.4, -0.2) is 30.5 Å². The number of nitrogens with zero attached hydrogens (tertiary/aromatic N) is 1. The Morgan fingerprint density at radius 3 is 2.58 bits per heavy atom. The normalized spacial score (nSPS) is 10.3. The van der Waals surface area contributed by atoms with Crippen molar-refractivity contribution >= 4 is 17.6 Å². The van der Waals surface area contributed by atoms with E-state index in [0.29, 0.717) is 27.8 Å². The van der Waals surface area contributed by atoms with Crippen LogP contribution >= 0.6 is 11.6 Å². The SMILES string of the molecule is COc1cc(Cl)c(OC)c(-c2cc(C(=O)O)on2)c1. The summed E-state index contributed by atoms with van der Waals surface area (Å²) in [6, 6.07) is 4.51. The average Bonchev–Trinajstić information content (AvgIpc) is 2.87. The molecule has 1 heterocycles. The molecule has 1 N–H and O–H groups in total. The third-order valence-corrected chi connectivity index (χ3v) is 2.73. The molecule has 7 heteroatoms. The van der Waals surface area contributed by atoms with Crippen molar-refractivity contribution in [3.05, 3.63) is 29.0 Å². The second-order valence-corrected chi connectivity index (χ2v) is 3.98. The summed E-state index contributed by atoms with van der Waals surface area (Å²) >= 11 is 6.05. The number of ether oxygens (including phenoxy) is 2. The van der Waals surface area contributed by atoms with Crippen LogP contribution in [0.5, 0.6) is 11.5 Å². The van der Waals surface area contributed by atoms with Crippen molar-refractivity contribution < 1.29 is 23.9 Å². The minimum absolute atomic E-state index is 0.268. The van der Waals surface area contributed by atoms with Gasteiger partial charge in [-0.05, 0) is 6.07 Å². The lowest BCUT2D eigenvalue weighted by atomic mass is 10.1. The molecule has 0 aliphatic heterocycles. The summed E-state index contributed by atoms with van der Waals surface area (Å²) in [4.78, 5) is 10.8. The van der Waals surface area contributed by atoms with Gasteiger partial charge in [0, 0.05) is 12.1 Å². The topological polar surface area (TPSA) is 81.8 Å². The van der Waals surface area contributed by atoms with E-state index in [1.165, 1.54) is 20.3 Å². The first-order valence-electron chi connectivity index (χ1n) is 5.18. The molecule has 0 bridgehead atoms. The maximum absolute atomic E-state index is 10.8. The van der Waals surface area contributed by atoms with Crippen molar-refractivity contribution in [2.24, 2.45) is 0 Å². The summed E-state index contributed by atoms with van der Waals surface area (Å²) in [7, 11) is 2.95. The van der Waals surface area contributed by atoms with Crippen LogP contribution in [0.1, 0.15) is 10.6 Å². The zero-order chi connectivity index (χ0) is 14.0. The predicted molar refractivity (Wildman–Crippen MR) is 67.0 cm³/mol. The van der Waals surface area contributed by atoms with Crippen LogP contribution < -0.4 is 9.47 Å². The highest BCUT2D eigenvalue weighted by Crippen LogP contribution is 2.39. The first-order valence-corrected chi connectivity index (χ1v) is 5.56. The molecule has 0 aliphatic carbocycles. The Morgan fingerprint density at radius 2 is 2.05 bits per heavy atom. The molecule has 19 heavy (non-hydrogen) atoms. The van der Waals surface area contributed by atoms with Gasteiger partial charge in [-0.1, -0.05) is 16.8 Å². The van der Waals surface area contributed by atoms with Gasteiger partial charge < -0.3 is 19.1 Å². The van der Waals surface area contributed by atoms with Gasteiger partial charge in [-0.25, -0.2) is 4.79 Å². The van der Waals surface area contributed by atoms with Gasteiger partial charge in [-0.2, -0.15) is 0 Å². The van der Waals surface area contributed by atoms with E-state index in [4.69, 9.17) is 30.7 Å². The van der Waals surface area contributed by atoms with Crippen molar-refractivity contribution in [3.63, 3.8) is 0 Å². The Labute approximate surface area is 113 Å². The number of aromatic carboxylic acids is 1. The zero-order valence-corrected chi connectivity index (χ0v) is 10.9. The van der Waals surface area contributed by atoms with E-state index in [0.717, 1.165) is 0 Å². The molecule has 2 rings (SSSR count). The van der Waals surface area contributed by atoms with Crippen LogP contribution in [0.15, 0.2) is 22.7 Å². The number of halogens is 1. The molecule has 0 unspecified atom stereocenters. The van der Waals surface area contributed by atoms with Crippen LogP contribution in [0.2, 0.25) is 5.02 Å². The Kier molecular flexibility index (Phi) is 3.62. The highest BCUT2D eigenvalue weighted by molar-refractivity contribution is 6.32. The zero-order valence-electron chi connectivity index (χ0n) is 10.1. The minimum Gasteiger partial charge on any atom is -0.497 e. The maximum atomic E-state index is 10.8. The van der Waals surface area contributed by atoms with Crippen molar-refractivity contribution in [3.8, 4) is 22.8 Å². The summed E-state index contributed by atoms with van der Waals surface area (Å²) in [6.45, 7) is 0. The van der Waals surface area contributed by atoms with Gasteiger partial charge in [0.05, 0.1) is 24.8 Å². The second kappa shape index (κ2) is 5.19. The number of carbonyl (C=O) groups is 1. The van der Waals surface area contributed by atoms with Gasteiger partial charge in [0.2, 0.25) is 5.76 Å². The van der Waals surface area contributed by atoms with Gasteiger partial charge in [0.25, 0.3) is 0 Å². The lowest BCUT2D eigenvalue weighted by Gasteiger charge is -2.10. The van der Waals surface area contributed by atoms with Gasteiger partial charge in [-0.3, -0.25) is 0 Å². The lowest BCUT2D eigenvalue weighted by molar-refractivity contribution is 0.0652. The van der Waals surface area contributed by atoms with Gasteiger partial charge in [0.1, 0.15) is 17.2 Å². The van der Waals surface area contributed by atoms with E-state index in [2.05, 4.69) is 5.16 Å². The molecule has 6 nitrogen and oxygen atoms in total. The van der Waals surface area contributed by atoms with E-state index in [9.17, 15) is 4.79 Å². The minimum atomic E-state index is -1.20. The molecule has 2 aromatic rings. The van der Waals surface area contributed by atoms with Crippen LogP contribution in [0.4, 0.5) is 0 Å². The highest BCUT2D eigenvalue weighted by Gasteiger charge is 2.18. The molecule has 0 spiro atoms. The molecule has 0 fully saturated rings. The Morgan fingerprint density at radius 1 is 1.32 bits per heavy atom. The fourth-order valence-corrected chi connectivity index (χ4v) is 1.87. The number of benzene rings is 1. The fourth-order valence-electron chi connectivity index (χ4n) is 1.59. The van der Waals surface area contributed by atoms with E-state index in [1.807, 2.05) is 0 Å². The fraction of sp³-hybridized carbons (Fsp3) is 0.167. The number of carboxylic acids is 1. The Bertz CT molecular complexity index is 623. The third kappa shape index (κ3) is 2.48. The van der Waals surface area contributed by atoms with Crippen molar-refractivity contribution in [1.29, 1.82) is 0 Å². The number of rotatable bonds is 4. The first kappa shape index (κ1) is 13.2. The first-order chi connectivity index (χ1) is 9.06. The molecule has 0 aliphatic rings. The molecule has 0 radical (unpaired) electrons. The molecule has 1 aromatic carbocycles. The number of hydrogen-bond donors (Lipinski definition) is 1. The third-order valence-electron chi connectivity index (χ3n) is 2.45. The molecule has 1 aromatic heterocycles. The Hall–Kier alpha value is -2.21. The summed E-state index contributed by atoms with van der Waals surface area (Å²) in [5.41, 5.74) is 0.790. The van der Waals surface area contributed by atoms with Crippen molar-refractivity contribution in [2.45, 2.75) is 0 Å². The molecule has 100 valence electrons. The molecular weight excluding hydrogens is 274 g/mol. The lowest BCUT2D eigenvalue weighted by Crippen LogP contribution is -1.93. The summed E-state index contributed by atoms with van der Waals surface area (Å²) in [5.74, 6) is -0.601. The van der Waals surface area contributed by atoms with E-state index >= 15 is 0 Å². The van der Waals surface area contributed by atoms with Crippen LogP contribution in [-0.2, 0) is 0 Å². The quantitative estimate of drug-likeness (QED) is 0.929. The number of carboxylic acid groups (broad SMARTS) is 1. The number of aromatic nitrogens is 1. The summed E-state index contributed by atoms with van der Waals surface area (Å²) in [5, 5.41) is 12.8. The molecule has 0 saturated heterocycles. The van der Waals surface area contributed by atoms with E-state index < -0.39 is 5.97 Å². The number of hydrogen-bond acceptors (Lipinski definition) is 5. The summed E-state index contributed by atoms with van der Waals surface area (Å²) in [6.07, 6.45) is 0. The van der Waals surface area contributed by atoms with Gasteiger partial charge in [-0.15, -0.1) is 0 Å². The van der Waals surface area contributed by atoms with Crippen molar-refractivity contribution in [2.75, 3.05) is 14.2 Å². The highest BCUT2D eigenvalue weighted by atomic mass is 35.5. The van der Waals surface area contributed by atoms with E-state index in [1.54, 1.807) is 12.1 Å². The largest absolute Gasteiger partial charge is 0.497 e. The monoisotopic (exact) mass is 283 g/mol. The van der Waals surface area contributed by atoms with Crippen LogP contribution in [0, 0.1) is 0 Å². The summed E-state index contributed by atoms with van der Waals surface area (Å²) < 4.78 is 15.0. The number of methoxy groups -OCH3 is 2. The maximum Gasteiger partial charge on any atom is 0.374 e. The second-order valence-electron chi connectivity index (χ2n) is 3.57. The predicted octanol–water partition coefficient (Wildman–Crippen LogP) is 2.71. The smallest absolute Gasteiger partial charge is 0.374 e. The standard InChI is InChI=1S/C12H10ClNO5/c1-17-6-3-7(11(18-2)8(13)4-6)9-5-10(12(15)16)19-14-9/h3-5H,1-2H3,(H,15,16). The molecular formula is C12H10ClNO5. The average molecular weight is 284 g/mol. The van der Waals surface area contributed by atoms with Crippen LogP contribution in [0.25, 0.3) is 11.3 Å². The van der Waals surface area contributed by atoms with Crippen LogP contribution in [0.3, 0.4) is 0 Å². The molecule has 0 saturated carbocycles.